The molecule has 0 aliphatic heterocycles. The average molecular weight is 332 g/mol. The van der Waals surface area contributed by atoms with Crippen LogP contribution in [0, 0.1) is 10.8 Å². The van der Waals surface area contributed by atoms with Crippen molar-refractivity contribution in [3.05, 3.63) is 0 Å². The molecule has 0 heterocycles. The van der Waals surface area contributed by atoms with E-state index in [1.807, 2.05) is 0 Å². The van der Waals surface area contributed by atoms with Gasteiger partial charge in [-0.05, 0) is 13.8 Å². The van der Waals surface area contributed by atoms with Crippen molar-refractivity contribution in [3.63, 3.8) is 0 Å². The molecule has 19 heavy (non-hydrogen) atoms. The van der Waals surface area contributed by atoms with Crippen molar-refractivity contribution in [2.24, 2.45) is 10.8 Å². The molecule has 4 N–H and O–H groups in total. The minimum absolute atomic E-state index is 0. The molecule has 8 nitrogen and oxygen atoms in total. The first-order valence-corrected chi connectivity index (χ1v) is 5.00. The smallest absolute Gasteiger partial charge is 0.549 e. The van der Waals surface area contributed by atoms with Crippen LogP contribution in [0.15, 0.2) is 0 Å². The molecule has 108 valence electrons. The number of rotatable bonds is 6. The zero-order valence-electron chi connectivity index (χ0n) is 11.0. The van der Waals surface area contributed by atoms with Crippen molar-refractivity contribution < 1.29 is 59.7 Å². The molecule has 0 unspecified atom stereocenters. The predicted octanol–water partition coefficient (Wildman–Crippen LogP) is -4.55. The molecule has 0 fully saturated rings. The molecule has 0 aromatic rings. The standard InChI is InChI=1S/2C5H10O4.Zn/c2*1-5(2-6,3-7)4(8)9;/h2*6-7H,2-3H2,1H3,(H,8,9);/q;;+2/p-2. The molecule has 0 aromatic carbocycles. The van der Waals surface area contributed by atoms with Crippen LogP contribution in [0.2, 0.25) is 0 Å². The monoisotopic (exact) mass is 330 g/mol. The van der Waals surface area contributed by atoms with E-state index in [0.29, 0.717) is 0 Å². The van der Waals surface area contributed by atoms with Gasteiger partial charge >= 0.3 is 19.5 Å². The van der Waals surface area contributed by atoms with Crippen LogP contribution in [0.1, 0.15) is 13.8 Å². The van der Waals surface area contributed by atoms with Crippen molar-refractivity contribution in [1.82, 2.24) is 0 Å². The Hall–Kier alpha value is -0.597. The van der Waals surface area contributed by atoms with E-state index in [0.717, 1.165) is 0 Å². The van der Waals surface area contributed by atoms with Crippen LogP contribution in [0.3, 0.4) is 0 Å². The Bertz CT molecular complexity index is 245. The van der Waals surface area contributed by atoms with Gasteiger partial charge in [-0.1, -0.05) is 0 Å². The van der Waals surface area contributed by atoms with Crippen molar-refractivity contribution in [2.75, 3.05) is 26.4 Å². The Morgan fingerprint density at radius 3 is 0.947 bits per heavy atom. The third kappa shape index (κ3) is 7.54. The Morgan fingerprint density at radius 2 is 0.947 bits per heavy atom. The first-order valence-electron chi connectivity index (χ1n) is 5.00. The molecular weight excluding hydrogens is 313 g/mol. The third-order valence-electron chi connectivity index (χ3n) is 2.38. The molecule has 0 rings (SSSR count). The molecule has 0 amide bonds. The summed E-state index contributed by atoms with van der Waals surface area (Å²) in [6.45, 7) is -0.00000000000000133. The molecule has 0 aliphatic rings. The zero-order valence-corrected chi connectivity index (χ0v) is 13.9. The third-order valence-corrected chi connectivity index (χ3v) is 2.38. The topological polar surface area (TPSA) is 161 Å². The van der Waals surface area contributed by atoms with Gasteiger partial charge in [-0.3, -0.25) is 0 Å². The summed E-state index contributed by atoms with van der Waals surface area (Å²) >= 11 is 0. The number of hydrogen-bond acceptors (Lipinski definition) is 8. The molecule has 0 aromatic heterocycles. The van der Waals surface area contributed by atoms with Crippen molar-refractivity contribution in [1.29, 1.82) is 0 Å². The second-order valence-electron chi connectivity index (χ2n) is 4.33. The molecule has 9 heteroatoms. The van der Waals surface area contributed by atoms with Gasteiger partial charge < -0.3 is 40.2 Å². The second-order valence-corrected chi connectivity index (χ2v) is 4.33. The van der Waals surface area contributed by atoms with Gasteiger partial charge in [0.1, 0.15) is 0 Å². The van der Waals surface area contributed by atoms with E-state index >= 15 is 0 Å². The maximum absolute atomic E-state index is 10.1. The van der Waals surface area contributed by atoms with E-state index in [1.54, 1.807) is 0 Å². The summed E-state index contributed by atoms with van der Waals surface area (Å²) in [4.78, 5) is 20.1. The Kier molecular flexibility index (Phi) is 12.6. The van der Waals surface area contributed by atoms with E-state index in [1.165, 1.54) is 13.8 Å². The van der Waals surface area contributed by atoms with Crippen LogP contribution in [0.4, 0.5) is 0 Å². The minimum atomic E-state index is -1.50. The summed E-state index contributed by atoms with van der Waals surface area (Å²) in [7, 11) is 0. The molecule has 0 saturated carbocycles. The Morgan fingerprint density at radius 1 is 0.789 bits per heavy atom. The number of carboxylic acids is 2. The van der Waals surface area contributed by atoms with Crippen LogP contribution in [-0.2, 0) is 29.1 Å². The van der Waals surface area contributed by atoms with Gasteiger partial charge in [0.25, 0.3) is 0 Å². The van der Waals surface area contributed by atoms with E-state index in [9.17, 15) is 19.8 Å². The van der Waals surface area contributed by atoms with E-state index in [4.69, 9.17) is 20.4 Å². The number of aliphatic hydroxyl groups is 4. The van der Waals surface area contributed by atoms with E-state index in [-0.39, 0.29) is 19.5 Å². The first-order chi connectivity index (χ1) is 8.13. The second kappa shape index (κ2) is 10.2. The van der Waals surface area contributed by atoms with Gasteiger partial charge in [-0.15, -0.1) is 0 Å². The fourth-order valence-corrected chi connectivity index (χ4v) is 0.358. The van der Waals surface area contributed by atoms with Crippen molar-refractivity contribution in [2.45, 2.75) is 13.8 Å². The number of aliphatic hydroxyl groups excluding tert-OH is 4. The normalized spacial score (nSPS) is 10.8. The van der Waals surface area contributed by atoms with Gasteiger partial charge in [-0.2, -0.15) is 0 Å². The number of hydrogen-bond donors (Lipinski definition) is 4. The summed E-state index contributed by atoms with van der Waals surface area (Å²) in [5, 5.41) is 53.6. The number of carbonyl (C=O) groups is 2. The van der Waals surface area contributed by atoms with Crippen molar-refractivity contribution in [3.8, 4) is 0 Å². The van der Waals surface area contributed by atoms with Crippen LogP contribution >= 0.6 is 0 Å². The fraction of sp³-hybridized carbons (Fsp3) is 0.800. The van der Waals surface area contributed by atoms with Crippen LogP contribution < -0.4 is 10.2 Å². The summed E-state index contributed by atoms with van der Waals surface area (Å²) < 4.78 is 0. The molecule has 0 spiro atoms. The largest absolute Gasteiger partial charge is 2.00 e. The maximum atomic E-state index is 10.1. The predicted molar refractivity (Wildman–Crippen MR) is 54.6 cm³/mol. The van der Waals surface area contributed by atoms with E-state index in [2.05, 4.69) is 0 Å². The first kappa shape index (κ1) is 23.5. The molecule has 0 saturated heterocycles. The molecule has 0 radical (unpaired) electrons. The summed E-state index contributed by atoms with van der Waals surface area (Å²) in [5.41, 5.74) is -3.00. The summed E-state index contributed by atoms with van der Waals surface area (Å²) in [6.07, 6.45) is 0. The number of carbonyl (C=O) groups excluding carboxylic acids is 2. The van der Waals surface area contributed by atoms with Gasteiger partial charge in [0, 0.05) is 0 Å². The zero-order chi connectivity index (χ0) is 15.0. The molecule has 0 aliphatic carbocycles. The molecule has 0 atom stereocenters. The van der Waals surface area contributed by atoms with Gasteiger partial charge in [0.05, 0.1) is 49.2 Å². The quantitative estimate of drug-likeness (QED) is 0.354. The number of carboxylic acid groups (broad SMARTS) is 2. The summed E-state index contributed by atoms with van der Waals surface area (Å²) in [5.74, 6) is -2.87. The van der Waals surface area contributed by atoms with E-state index < -0.39 is 49.2 Å². The molecular formula is C10H18O8Zn. The Labute approximate surface area is 123 Å². The van der Waals surface area contributed by atoms with Gasteiger partial charge in [0.2, 0.25) is 0 Å². The SMILES string of the molecule is CC(CO)(CO)C(=O)[O-].CC(CO)(CO)C(=O)[O-].[Zn+2]. The van der Waals surface area contributed by atoms with Gasteiger partial charge in [-0.25, -0.2) is 0 Å². The van der Waals surface area contributed by atoms with Crippen molar-refractivity contribution >= 4 is 11.9 Å². The average Bonchev–Trinajstić information content (AvgIpc) is 2.36. The van der Waals surface area contributed by atoms with Gasteiger partial charge in [0.15, 0.2) is 0 Å². The summed E-state index contributed by atoms with van der Waals surface area (Å²) in [6, 6.07) is 0. The van der Waals surface area contributed by atoms with Crippen LogP contribution in [-0.4, -0.2) is 58.8 Å². The molecule has 0 bridgehead atoms. The fourth-order valence-electron chi connectivity index (χ4n) is 0.358. The van der Waals surface area contributed by atoms with Crippen LogP contribution in [0.5, 0.6) is 0 Å². The number of aliphatic carboxylic acids is 2. The maximum Gasteiger partial charge on any atom is 2.00 e. The van der Waals surface area contributed by atoms with Crippen LogP contribution in [0.25, 0.3) is 0 Å². The minimum Gasteiger partial charge on any atom is -0.549 e. The Balaban J connectivity index is -0.000000256.